The van der Waals surface area contributed by atoms with Crippen LogP contribution in [-0.2, 0) is 11.3 Å². The van der Waals surface area contributed by atoms with Crippen molar-refractivity contribution in [3.05, 3.63) is 59.7 Å². The van der Waals surface area contributed by atoms with E-state index in [0.717, 1.165) is 23.1 Å². The van der Waals surface area contributed by atoms with Crippen LogP contribution in [0.15, 0.2) is 42.6 Å². The van der Waals surface area contributed by atoms with E-state index in [9.17, 15) is 14.0 Å². The zero-order chi connectivity index (χ0) is 20.4. The maximum Gasteiger partial charge on any atom is 0.253 e. The standard InChI is InChI=1S/C21H22FN5O2/c1-14(28)23-9-11-27-20-18(6-3-8-24-20)19(25-27)16-7-10-26(13-16)21(29)15-4-2-5-17(22)12-15/h2-6,8,12,16H,7,9-11,13H2,1H3,(H,23,28)/t16-/m1/s1. The zero-order valence-electron chi connectivity index (χ0n) is 16.1. The minimum atomic E-state index is -0.415. The zero-order valence-corrected chi connectivity index (χ0v) is 16.1. The van der Waals surface area contributed by atoms with Gasteiger partial charge in [-0.1, -0.05) is 6.07 Å². The van der Waals surface area contributed by atoms with E-state index >= 15 is 0 Å². The molecule has 1 saturated heterocycles. The summed E-state index contributed by atoms with van der Waals surface area (Å²) in [6.45, 7) is 3.60. The fourth-order valence-electron chi connectivity index (χ4n) is 3.80. The minimum absolute atomic E-state index is 0.0845. The Kier molecular flexibility index (Phi) is 5.24. The normalized spacial score (nSPS) is 16.3. The van der Waals surface area contributed by atoms with Crippen molar-refractivity contribution in [3.8, 4) is 0 Å². The van der Waals surface area contributed by atoms with Crippen molar-refractivity contribution in [2.45, 2.75) is 25.8 Å². The Hall–Kier alpha value is -3.29. The summed E-state index contributed by atoms with van der Waals surface area (Å²) in [5.74, 6) is -0.584. The molecule has 4 rings (SSSR count). The van der Waals surface area contributed by atoms with Crippen molar-refractivity contribution in [1.82, 2.24) is 25.0 Å². The van der Waals surface area contributed by atoms with Crippen LogP contribution in [0.1, 0.15) is 35.3 Å². The molecule has 29 heavy (non-hydrogen) atoms. The van der Waals surface area contributed by atoms with E-state index in [0.29, 0.717) is 31.7 Å². The van der Waals surface area contributed by atoms with E-state index in [1.807, 2.05) is 12.1 Å². The van der Waals surface area contributed by atoms with Gasteiger partial charge in [-0.05, 0) is 36.8 Å². The Bertz CT molecular complexity index is 1060. The highest BCUT2D eigenvalue weighted by atomic mass is 19.1. The molecular formula is C21H22FN5O2. The number of nitrogens with zero attached hydrogens (tertiary/aromatic N) is 4. The molecule has 3 aromatic rings. The molecule has 2 aromatic heterocycles. The Morgan fingerprint density at radius 3 is 2.93 bits per heavy atom. The number of rotatable bonds is 5. The summed E-state index contributed by atoms with van der Waals surface area (Å²) < 4.78 is 15.3. The number of halogens is 1. The van der Waals surface area contributed by atoms with Gasteiger partial charge >= 0.3 is 0 Å². The third-order valence-electron chi connectivity index (χ3n) is 5.17. The number of fused-ring (bicyclic) bond motifs is 1. The molecule has 1 N–H and O–H groups in total. The van der Waals surface area contributed by atoms with E-state index in [4.69, 9.17) is 5.10 Å². The number of aromatic nitrogens is 3. The molecule has 0 aliphatic carbocycles. The van der Waals surface area contributed by atoms with E-state index in [-0.39, 0.29) is 17.7 Å². The molecule has 1 aromatic carbocycles. The second kappa shape index (κ2) is 7.98. The van der Waals surface area contributed by atoms with E-state index in [1.165, 1.54) is 19.1 Å². The maximum absolute atomic E-state index is 13.5. The summed E-state index contributed by atoms with van der Waals surface area (Å²) in [5, 5.41) is 8.48. The second-order valence-corrected chi connectivity index (χ2v) is 7.21. The quantitative estimate of drug-likeness (QED) is 0.719. The SMILES string of the molecule is CC(=O)NCCn1nc([C@@H]2CCN(C(=O)c3cccc(F)c3)C2)c2cccnc21. The van der Waals surface area contributed by atoms with Crippen LogP contribution >= 0.6 is 0 Å². The van der Waals surface area contributed by atoms with Crippen molar-refractivity contribution in [2.75, 3.05) is 19.6 Å². The maximum atomic E-state index is 13.5. The summed E-state index contributed by atoms with van der Waals surface area (Å²) in [6, 6.07) is 9.63. The Morgan fingerprint density at radius 2 is 2.14 bits per heavy atom. The van der Waals surface area contributed by atoms with Gasteiger partial charge in [0.1, 0.15) is 5.82 Å². The lowest BCUT2D eigenvalue weighted by Gasteiger charge is -2.16. The monoisotopic (exact) mass is 395 g/mol. The lowest BCUT2D eigenvalue weighted by Crippen LogP contribution is -2.28. The molecule has 8 heteroatoms. The number of amides is 2. The number of nitrogens with one attached hydrogen (secondary N) is 1. The van der Waals surface area contributed by atoms with E-state index in [2.05, 4.69) is 10.3 Å². The molecule has 0 bridgehead atoms. The molecule has 150 valence electrons. The summed E-state index contributed by atoms with van der Waals surface area (Å²) in [6.07, 6.45) is 2.50. The Balaban J connectivity index is 1.54. The predicted octanol–water partition coefficient (Wildman–Crippen LogP) is 2.34. The minimum Gasteiger partial charge on any atom is -0.354 e. The molecule has 0 saturated carbocycles. The summed E-state index contributed by atoms with van der Waals surface area (Å²) >= 11 is 0. The average molecular weight is 395 g/mol. The molecule has 2 amide bonds. The largest absolute Gasteiger partial charge is 0.354 e. The van der Waals surface area contributed by atoms with Gasteiger partial charge in [0.15, 0.2) is 5.65 Å². The topological polar surface area (TPSA) is 80.1 Å². The van der Waals surface area contributed by atoms with Gasteiger partial charge in [0, 0.05) is 49.6 Å². The molecule has 1 atom stereocenters. The van der Waals surface area contributed by atoms with Crippen LogP contribution in [0.5, 0.6) is 0 Å². The summed E-state index contributed by atoms with van der Waals surface area (Å²) in [4.78, 5) is 30.1. The molecule has 1 aliphatic heterocycles. The lowest BCUT2D eigenvalue weighted by atomic mass is 10.0. The summed E-state index contributed by atoms with van der Waals surface area (Å²) in [5.41, 5.74) is 2.03. The molecular weight excluding hydrogens is 373 g/mol. The number of carbonyl (C=O) groups is 2. The van der Waals surface area contributed by atoms with Crippen LogP contribution < -0.4 is 5.32 Å². The fourth-order valence-corrected chi connectivity index (χ4v) is 3.80. The Labute approximate surface area is 167 Å². The van der Waals surface area contributed by atoms with Crippen LogP contribution in [0, 0.1) is 5.82 Å². The van der Waals surface area contributed by atoms with Crippen molar-refractivity contribution < 1.29 is 14.0 Å². The fraction of sp³-hybridized carbons (Fsp3) is 0.333. The number of pyridine rings is 1. The average Bonchev–Trinajstić information content (AvgIpc) is 3.32. The highest BCUT2D eigenvalue weighted by Crippen LogP contribution is 2.32. The first kappa shape index (κ1) is 19.0. The third-order valence-corrected chi connectivity index (χ3v) is 5.17. The molecule has 1 aliphatic rings. The van der Waals surface area contributed by atoms with E-state index < -0.39 is 5.82 Å². The van der Waals surface area contributed by atoms with Crippen molar-refractivity contribution in [2.24, 2.45) is 0 Å². The highest BCUT2D eigenvalue weighted by molar-refractivity contribution is 5.94. The van der Waals surface area contributed by atoms with Crippen molar-refractivity contribution in [1.29, 1.82) is 0 Å². The van der Waals surface area contributed by atoms with Gasteiger partial charge < -0.3 is 10.2 Å². The number of benzene rings is 1. The first-order valence-corrected chi connectivity index (χ1v) is 9.63. The van der Waals surface area contributed by atoms with Gasteiger partial charge in [0.05, 0.1) is 12.2 Å². The first-order chi connectivity index (χ1) is 14.0. The van der Waals surface area contributed by atoms with Crippen molar-refractivity contribution in [3.63, 3.8) is 0 Å². The van der Waals surface area contributed by atoms with Gasteiger partial charge in [0.25, 0.3) is 5.91 Å². The third kappa shape index (κ3) is 3.96. The van der Waals surface area contributed by atoms with Gasteiger partial charge in [0.2, 0.25) is 5.91 Å². The number of carbonyl (C=O) groups excluding carboxylic acids is 2. The highest BCUT2D eigenvalue weighted by Gasteiger charge is 2.31. The number of likely N-dealkylation sites (tertiary alicyclic amines) is 1. The smallest absolute Gasteiger partial charge is 0.253 e. The molecule has 0 spiro atoms. The number of hydrogen-bond donors (Lipinski definition) is 1. The van der Waals surface area contributed by atoms with Crippen LogP contribution in [0.4, 0.5) is 4.39 Å². The van der Waals surface area contributed by atoms with Gasteiger partial charge in [-0.2, -0.15) is 5.10 Å². The van der Waals surface area contributed by atoms with Crippen LogP contribution in [0.3, 0.4) is 0 Å². The second-order valence-electron chi connectivity index (χ2n) is 7.21. The van der Waals surface area contributed by atoms with Crippen molar-refractivity contribution >= 4 is 22.8 Å². The van der Waals surface area contributed by atoms with Crippen LogP contribution in [0.25, 0.3) is 11.0 Å². The predicted molar refractivity (Wildman–Crippen MR) is 106 cm³/mol. The molecule has 7 nitrogen and oxygen atoms in total. The van der Waals surface area contributed by atoms with Crippen LogP contribution in [0.2, 0.25) is 0 Å². The molecule has 0 unspecified atom stereocenters. The first-order valence-electron chi connectivity index (χ1n) is 9.63. The summed E-state index contributed by atoms with van der Waals surface area (Å²) in [7, 11) is 0. The molecule has 1 fully saturated rings. The van der Waals surface area contributed by atoms with Gasteiger partial charge in [-0.25, -0.2) is 14.1 Å². The molecule has 0 radical (unpaired) electrons. The van der Waals surface area contributed by atoms with Gasteiger partial charge in [-0.15, -0.1) is 0 Å². The molecule has 3 heterocycles. The number of hydrogen-bond acceptors (Lipinski definition) is 4. The Morgan fingerprint density at radius 1 is 1.28 bits per heavy atom. The lowest BCUT2D eigenvalue weighted by molar-refractivity contribution is -0.118. The van der Waals surface area contributed by atoms with E-state index in [1.54, 1.807) is 27.9 Å². The van der Waals surface area contributed by atoms with Crippen LogP contribution in [-0.4, -0.2) is 51.1 Å². The van der Waals surface area contributed by atoms with Gasteiger partial charge in [-0.3, -0.25) is 9.59 Å².